The minimum Gasteiger partial charge on any atom is -0.481 e. The van der Waals surface area contributed by atoms with Crippen LogP contribution in [0.25, 0.3) is 0 Å². The van der Waals surface area contributed by atoms with E-state index in [1.54, 1.807) is 26.0 Å². The maximum atomic E-state index is 11.8. The SMILES string of the molecule is CCC1(C(=O)O)C=C(Nc2cccc(S(C)(=O)=O)c2)C(C)=C(C(=O)O)C1. The van der Waals surface area contributed by atoms with Crippen LogP contribution in [-0.4, -0.2) is 36.8 Å². The molecule has 1 aromatic rings. The second kappa shape index (κ2) is 6.95. The van der Waals surface area contributed by atoms with Crippen LogP contribution < -0.4 is 5.32 Å². The van der Waals surface area contributed by atoms with Gasteiger partial charge < -0.3 is 15.5 Å². The van der Waals surface area contributed by atoms with Crippen LogP contribution in [0.3, 0.4) is 0 Å². The highest BCUT2D eigenvalue weighted by Gasteiger charge is 2.41. The van der Waals surface area contributed by atoms with Crippen molar-refractivity contribution in [1.29, 1.82) is 0 Å². The van der Waals surface area contributed by atoms with Crippen LogP contribution in [0.4, 0.5) is 5.69 Å². The molecule has 0 saturated heterocycles. The number of nitrogens with one attached hydrogen (secondary N) is 1. The van der Waals surface area contributed by atoms with Gasteiger partial charge >= 0.3 is 11.9 Å². The van der Waals surface area contributed by atoms with Crippen LogP contribution in [0.5, 0.6) is 0 Å². The molecular formula is C18H21NO6S. The highest BCUT2D eigenvalue weighted by Crippen LogP contribution is 2.41. The second-order valence-electron chi connectivity index (χ2n) is 6.38. The first-order chi connectivity index (χ1) is 12.0. The molecule has 0 aliphatic heterocycles. The van der Waals surface area contributed by atoms with E-state index < -0.39 is 27.2 Å². The number of hydrogen-bond acceptors (Lipinski definition) is 5. The number of carboxylic acids is 2. The average molecular weight is 379 g/mol. The van der Waals surface area contributed by atoms with E-state index >= 15 is 0 Å². The molecule has 0 bridgehead atoms. The number of carboxylic acid groups (broad SMARTS) is 2. The molecule has 1 atom stereocenters. The lowest BCUT2D eigenvalue weighted by Crippen LogP contribution is -2.34. The lowest BCUT2D eigenvalue weighted by molar-refractivity contribution is -0.146. The molecule has 0 radical (unpaired) electrons. The number of carbonyl (C=O) groups is 2. The molecule has 140 valence electrons. The van der Waals surface area contributed by atoms with E-state index in [2.05, 4.69) is 5.32 Å². The normalized spacial score (nSPS) is 20.5. The van der Waals surface area contributed by atoms with Gasteiger partial charge in [0, 0.05) is 23.2 Å². The van der Waals surface area contributed by atoms with Gasteiger partial charge in [-0.2, -0.15) is 0 Å². The van der Waals surface area contributed by atoms with Gasteiger partial charge in [0.2, 0.25) is 0 Å². The molecule has 0 heterocycles. The van der Waals surface area contributed by atoms with Crippen molar-refractivity contribution >= 4 is 27.5 Å². The minimum absolute atomic E-state index is 0.0264. The standard InChI is InChI=1S/C18H21NO6S/c1-4-18(17(22)23)9-14(16(20)21)11(2)15(10-18)19-12-6-5-7-13(8-12)26(3,24)25/h5-8,10,19H,4,9H2,1-3H3,(H,20,21)(H,22,23). The Labute approximate surface area is 152 Å². The number of allylic oxidation sites excluding steroid dienone is 1. The minimum atomic E-state index is -3.40. The van der Waals surface area contributed by atoms with Crippen molar-refractivity contribution in [2.24, 2.45) is 5.41 Å². The Kier molecular flexibility index (Phi) is 5.27. The van der Waals surface area contributed by atoms with Crippen molar-refractivity contribution in [2.45, 2.75) is 31.6 Å². The van der Waals surface area contributed by atoms with Crippen LogP contribution in [0, 0.1) is 5.41 Å². The fourth-order valence-electron chi connectivity index (χ4n) is 2.89. The summed E-state index contributed by atoms with van der Waals surface area (Å²) in [6, 6.07) is 6.07. The Balaban J connectivity index is 2.54. The van der Waals surface area contributed by atoms with Crippen molar-refractivity contribution < 1.29 is 28.2 Å². The van der Waals surface area contributed by atoms with Crippen molar-refractivity contribution in [1.82, 2.24) is 0 Å². The summed E-state index contributed by atoms with van der Waals surface area (Å²) in [5.41, 5.74) is -0.0977. The highest BCUT2D eigenvalue weighted by atomic mass is 32.2. The van der Waals surface area contributed by atoms with Crippen molar-refractivity contribution in [3.63, 3.8) is 0 Å². The zero-order valence-corrected chi connectivity index (χ0v) is 15.6. The first-order valence-electron chi connectivity index (χ1n) is 7.97. The Bertz CT molecular complexity index is 929. The van der Waals surface area contributed by atoms with Gasteiger partial charge in [0.15, 0.2) is 9.84 Å². The Morgan fingerprint density at radius 2 is 1.92 bits per heavy atom. The van der Waals surface area contributed by atoms with Crippen molar-refractivity contribution in [3.05, 3.63) is 47.2 Å². The number of sulfone groups is 1. The summed E-state index contributed by atoms with van der Waals surface area (Å²) in [5.74, 6) is -2.27. The molecule has 1 unspecified atom stereocenters. The first-order valence-corrected chi connectivity index (χ1v) is 9.86. The summed E-state index contributed by atoms with van der Waals surface area (Å²) in [4.78, 5) is 23.5. The van der Waals surface area contributed by atoms with E-state index in [1.807, 2.05) is 0 Å². The van der Waals surface area contributed by atoms with E-state index in [4.69, 9.17) is 0 Å². The topological polar surface area (TPSA) is 121 Å². The molecular weight excluding hydrogens is 358 g/mol. The number of hydrogen-bond donors (Lipinski definition) is 3. The molecule has 0 spiro atoms. The fourth-order valence-corrected chi connectivity index (χ4v) is 3.55. The van der Waals surface area contributed by atoms with Crippen LogP contribution in [-0.2, 0) is 19.4 Å². The molecule has 2 rings (SSSR count). The van der Waals surface area contributed by atoms with Gasteiger partial charge in [0.1, 0.15) is 0 Å². The Morgan fingerprint density at radius 1 is 1.27 bits per heavy atom. The quantitative estimate of drug-likeness (QED) is 0.695. The number of rotatable bonds is 6. The van der Waals surface area contributed by atoms with Gasteiger partial charge in [-0.15, -0.1) is 0 Å². The maximum Gasteiger partial charge on any atom is 0.331 e. The fraction of sp³-hybridized carbons (Fsp3) is 0.333. The smallest absolute Gasteiger partial charge is 0.331 e. The molecule has 0 aromatic heterocycles. The van der Waals surface area contributed by atoms with Gasteiger partial charge in [-0.3, -0.25) is 4.79 Å². The molecule has 7 nitrogen and oxygen atoms in total. The second-order valence-corrected chi connectivity index (χ2v) is 8.40. The van der Waals surface area contributed by atoms with Gasteiger partial charge in [0.05, 0.1) is 10.3 Å². The summed E-state index contributed by atoms with van der Waals surface area (Å²) in [6.07, 6.45) is 2.73. The van der Waals surface area contributed by atoms with E-state index in [9.17, 15) is 28.2 Å². The van der Waals surface area contributed by atoms with E-state index in [-0.39, 0.29) is 23.3 Å². The zero-order chi connectivity index (χ0) is 19.7. The summed E-state index contributed by atoms with van der Waals surface area (Å²) in [6.45, 7) is 3.29. The Hall–Kier alpha value is -2.61. The van der Waals surface area contributed by atoms with Crippen molar-refractivity contribution in [2.75, 3.05) is 11.6 Å². The zero-order valence-electron chi connectivity index (χ0n) is 14.7. The molecule has 3 N–H and O–H groups in total. The lowest BCUT2D eigenvalue weighted by Gasteiger charge is -2.32. The predicted molar refractivity (Wildman–Crippen MR) is 96.6 cm³/mol. The summed E-state index contributed by atoms with van der Waals surface area (Å²) < 4.78 is 23.4. The third kappa shape index (κ3) is 3.80. The number of aliphatic carboxylic acids is 2. The first kappa shape index (κ1) is 19.7. The molecule has 0 amide bonds. The predicted octanol–water partition coefficient (Wildman–Crippen LogP) is 2.67. The van der Waals surface area contributed by atoms with E-state index in [0.29, 0.717) is 17.0 Å². The molecule has 0 saturated carbocycles. The third-order valence-electron chi connectivity index (χ3n) is 4.63. The summed E-state index contributed by atoms with van der Waals surface area (Å²) in [7, 11) is -3.40. The van der Waals surface area contributed by atoms with Crippen molar-refractivity contribution in [3.8, 4) is 0 Å². The van der Waals surface area contributed by atoms with Crippen LogP contribution >= 0.6 is 0 Å². The van der Waals surface area contributed by atoms with Crippen LogP contribution in [0.15, 0.2) is 52.1 Å². The number of benzene rings is 1. The van der Waals surface area contributed by atoms with E-state index in [0.717, 1.165) is 6.26 Å². The van der Waals surface area contributed by atoms with Gasteiger partial charge in [-0.25, -0.2) is 13.2 Å². The molecule has 1 aromatic carbocycles. The van der Waals surface area contributed by atoms with Gasteiger partial charge in [0.25, 0.3) is 0 Å². The molecule has 1 aliphatic rings. The van der Waals surface area contributed by atoms with E-state index in [1.165, 1.54) is 18.2 Å². The van der Waals surface area contributed by atoms with Gasteiger partial charge in [-0.05, 0) is 49.6 Å². The number of anilines is 1. The maximum absolute atomic E-state index is 11.8. The molecule has 26 heavy (non-hydrogen) atoms. The molecule has 1 aliphatic carbocycles. The Morgan fingerprint density at radius 3 is 2.42 bits per heavy atom. The third-order valence-corrected chi connectivity index (χ3v) is 5.74. The highest BCUT2D eigenvalue weighted by molar-refractivity contribution is 7.90. The largest absolute Gasteiger partial charge is 0.481 e. The molecule has 0 fully saturated rings. The summed E-state index contributed by atoms with van der Waals surface area (Å²) in [5, 5.41) is 22.1. The average Bonchev–Trinajstić information content (AvgIpc) is 2.56. The molecule has 8 heteroatoms. The lowest BCUT2D eigenvalue weighted by atomic mass is 9.73. The van der Waals surface area contributed by atoms with Gasteiger partial charge in [-0.1, -0.05) is 13.0 Å². The monoisotopic (exact) mass is 379 g/mol. The summed E-state index contributed by atoms with van der Waals surface area (Å²) >= 11 is 0. The van der Waals surface area contributed by atoms with Crippen LogP contribution in [0.1, 0.15) is 26.7 Å². The van der Waals surface area contributed by atoms with Crippen LogP contribution in [0.2, 0.25) is 0 Å².